The number of rotatable bonds is 7. The van der Waals surface area contributed by atoms with Gasteiger partial charge in [-0.3, -0.25) is 9.59 Å². The maximum atomic E-state index is 12.4. The molecule has 2 unspecified atom stereocenters. The van der Waals surface area contributed by atoms with Gasteiger partial charge in [-0.25, -0.2) is 4.98 Å². The standard InChI is InChI=1S/C20H32N4O2/c1-13(14(2)24-19(26)11-17-15(3)21-12-22-17)23-18(25)10-16-4-6-20(7-5-16)8-9-20/h12-14,16H,4-11H2,1-3H3,(H,21,22)(H,23,25)(H,24,26). The number of carbonyl (C=O) groups is 2. The number of aryl methyl sites for hydroxylation is 1. The zero-order valence-electron chi connectivity index (χ0n) is 16.2. The third kappa shape index (κ3) is 4.86. The molecule has 0 radical (unpaired) electrons. The van der Waals surface area contributed by atoms with Gasteiger partial charge in [-0.1, -0.05) is 0 Å². The molecular weight excluding hydrogens is 328 g/mol. The number of imidazole rings is 1. The van der Waals surface area contributed by atoms with Crippen molar-refractivity contribution in [1.29, 1.82) is 0 Å². The number of H-pyrrole nitrogens is 1. The zero-order chi connectivity index (χ0) is 18.7. The summed E-state index contributed by atoms with van der Waals surface area (Å²) < 4.78 is 0. The smallest absolute Gasteiger partial charge is 0.226 e. The number of carbonyl (C=O) groups excluding carboxylic acids is 2. The van der Waals surface area contributed by atoms with Gasteiger partial charge in [-0.05, 0) is 70.6 Å². The van der Waals surface area contributed by atoms with Crippen LogP contribution in [0.1, 0.15) is 70.2 Å². The van der Waals surface area contributed by atoms with E-state index >= 15 is 0 Å². The fourth-order valence-corrected chi connectivity index (χ4v) is 4.02. The first kappa shape index (κ1) is 18.9. The molecule has 0 aliphatic heterocycles. The predicted octanol–water partition coefficient (Wildman–Crippen LogP) is 2.63. The minimum atomic E-state index is -0.119. The van der Waals surface area contributed by atoms with Crippen LogP contribution in [0.2, 0.25) is 0 Å². The monoisotopic (exact) mass is 360 g/mol. The van der Waals surface area contributed by atoms with E-state index in [2.05, 4.69) is 20.6 Å². The highest BCUT2D eigenvalue weighted by atomic mass is 16.2. The van der Waals surface area contributed by atoms with Gasteiger partial charge in [0.1, 0.15) is 0 Å². The molecule has 3 rings (SSSR count). The first-order valence-electron chi connectivity index (χ1n) is 9.94. The largest absolute Gasteiger partial charge is 0.352 e. The molecular formula is C20H32N4O2. The van der Waals surface area contributed by atoms with E-state index in [0.717, 1.165) is 11.4 Å². The Morgan fingerprint density at radius 1 is 1.15 bits per heavy atom. The minimum absolute atomic E-state index is 0.0733. The second-order valence-electron chi connectivity index (χ2n) is 8.51. The van der Waals surface area contributed by atoms with Gasteiger partial charge in [-0.2, -0.15) is 0 Å². The molecule has 1 heterocycles. The van der Waals surface area contributed by atoms with Gasteiger partial charge in [0.25, 0.3) is 0 Å². The van der Waals surface area contributed by atoms with Crippen molar-refractivity contribution in [2.45, 2.75) is 84.2 Å². The van der Waals surface area contributed by atoms with E-state index in [1.54, 1.807) is 6.33 Å². The summed E-state index contributed by atoms with van der Waals surface area (Å²) in [7, 11) is 0. The number of aromatic amines is 1. The van der Waals surface area contributed by atoms with Crippen LogP contribution >= 0.6 is 0 Å². The molecule has 0 aromatic carbocycles. The van der Waals surface area contributed by atoms with Gasteiger partial charge in [0.05, 0.1) is 18.4 Å². The molecule has 2 fully saturated rings. The van der Waals surface area contributed by atoms with E-state index in [9.17, 15) is 9.59 Å². The molecule has 2 aliphatic rings. The average Bonchev–Trinajstić information content (AvgIpc) is 3.23. The molecule has 2 saturated carbocycles. The fourth-order valence-electron chi connectivity index (χ4n) is 4.02. The van der Waals surface area contributed by atoms with E-state index < -0.39 is 0 Å². The Morgan fingerprint density at radius 3 is 2.31 bits per heavy atom. The van der Waals surface area contributed by atoms with E-state index in [0.29, 0.717) is 17.8 Å². The van der Waals surface area contributed by atoms with Crippen LogP contribution in [0.15, 0.2) is 6.33 Å². The number of aromatic nitrogens is 2. The van der Waals surface area contributed by atoms with Gasteiger partial charge in [0, 0.05) is 24.2 Å². The van der Waals surface area contributed by atoms with Crippen molar-refractivity contribution in [2.75, 3.05) is 0 Å². The lowest BCUT2D eigenvalue weighted by atomic mass is 9.78. The summed E-state index contributed by atoms with van der Waals surface area (Å²) in [6, 6.07) is -0.211. The molecule has 1 aromatic heterocycles. The molecule has 0 saturated heterocycles. The fraction of sp³-hybridized carbons (Fsp3) is 0.750. The first-order chi connectivity index (χ1) is 12.4. The highest BCUT2D eigenvalue weighted by molar-refractivity contribution is 5.79. The molecule has 1 aromatic rings. The number of hydrogen-bond acceptors (Lipinski definition) is 3. The van der Waals surface area contributed by atoms with Crippen LogP contribution in [0, 0.1) is 18.3 Å². The van der Waals surface area contributed by atoms with Crippen LogP contribution < -0.4 is 10.6 Å². The summed E-state index contributed by atoms with van der Waals surface area (Å²) in [5, 5.41) is 6.03. The quantitative estimate of drug-likeness (QED) is 0.698. The van der Waals surface area contributed by atoms with Crippen molar-refractivity contribution in [3.05, 3.63) is 17.7 Å². The molecule has 1 spiro atoms. The third-order valence-corrected chi connectivity index (χ3v) is 6.39. The Hall–Kier alpha value is -1.85. The normalized spacial score (nSPS) is 21.2. The minimum Gasteiger partial charge on any atom is -0.352 e. The van der Waals surface area contributed by atoms with Crippen molar-refractivity contribution >= 4 is 11.8 Å². The van der Waals surface area contributed by atoms with Crippen LogP contribution in [-0.2, 0) is 16.0 Å². The number of nitrogens with zero attached hydrogens (tertiary/aromatic N) is 1. The topological polar surface area (TPSA) is 86.9 Å². The molecule has 0 bridgehead atoms. The van der Waals surface area contributed by atoms with Gasteiger partial charge in [0.15, 0.2) is 0 Å². The molecule has 3 N–H and O–H groups in total. The SMILES string of the molecule is Cc1[nH]cnc1CC(=O)NC(C)C(C)NC(=O)CC1CCC2(CC1)CC2. The summed E-state index contributed by atoms with van der Waals surface area (Å²) in [5.74, 6) is 0.565. The highest BCUT2D eigenvalue weighted by Gasteiger charge is 2.44. The van der Waals surface area contributed by atoms with Crippen LogP contribution in [0.3, 0.4) is 0 Å². The third-order valence-electron chi connectivity index (χ3n) is 6.39. The maximum Gasteiger partial charge on any atom is 0.226 e. The number of hydrogen-bond donors (Lipinski definition) is 3. The van der Waals surface area contributed by atoms with Crippen molar-refractivity contribution in [1.82, 2.24) is 20.6 Å². The van der Waals surface area contributed by atoms with Gasteiger partial charge in [0.2, 0.25) is 11.8 Å². The lowest BCUT2D eigenvalue weighted by Crippen LogP contribution is -2.49. The number of nitrogens with one attached hydrogen (secondary N) is 3. The van der Waals surface area contributed by atoms with Crippen LogP contribution in [0.4, 0.5) is 0 Å². The maximum absolute atomic E-state index is 12.4. The summed E-state index contributed by atoms with van der Waals surface area (Å²) in [6.45, 7) is 5.78. The molecule has 2 aliphatic carbocycles. The molecule has 26 heavy (non-hydrogen) atoms. The van der Waals surface area contributed by atoms with Gasteiger partial charge < -0.3 is 15.6 Å². The van der Waals surface area contributed by atoms with Crippen molar-refractivity contribution in [3.63, 3.8) is 0 Å². The van der Waals surface area contributed by atoms with E-state index in [-0.39, 0.29) is 30.3 Å². The second-order valence-corrected chi connectivity index (χ2v) is 8.51. The van der Waals surface area contributed by atoms with Crippen LogP contribution in [0.5, 0.6) is 0 Å². The Kier molecular flexibility index (Phi) is 5.68. The summed E-state index contributed by atoms with van der Waals surface area (Å²) in [5.41, 5.74) is 2.35. The summed E-state index contributed by atoms with van der Waals surface area (Å²) in [4.78, 5) is 31.6. The lowest BCUT2D eigenvalue weighted by Gasteiger charge is -2.29. The van der Waals surface area contributed by atoms with Crippen LogP contribution in [-0.4, -0.2) is 33.9 Å². The Labute approximate surface area is 155 Å². The number of amides is 2. The Morgan fingerprint density at radius 2 is 1.77 bits per heavy atom. The highest BCUT2D eigenvalue weighted by Crippen LogP contribution is 2.57. The van der Waals surface area contributed by atoms with E-state index in [4.69, 9.17) is 0 Å². The van der Waals surface area contributed by atoms with Crippen molar-refractivity contribution in [2.24, 2.45) is 11.3 Å². The van der Waals surface area contributed by atoms with Crippen molar-refractivity contribution in [3.8, 4) is 0 Å². The second kappa shape index (κ2) is 7.80. The summed E-state index contributed by atoms with van der Waals surface area (Å²) >= 11 is 0. The van der Waals surface area contributed by atoms with Crippen LogP contribution in [0.25, 0.3) is 0 Å². The zero-order valence-corrected chi connectivity index (χ0v) is 16.2. The Bertz CT molecular complexity index is 640. The van der Waals surface area contributed by atoms with Gasteiger partial charge >= 0.3 is 0 Å². The van der Waals surface area contributed by atoms with Gasteiger partial charge in [-0.15, -0.1) is 0 Å². The molecule has 2 amide bonds. The lowest BCUT2D eigenvalue weighted by molar-refractivity contribution is -0.124. The average molecular weight is 361 g/mol. The van der Waals surface area contributed by atoms with Crippen molar-refractivity contribution < 1.29 is 9.59 Å². The summed E-state index contributed by atoms with van der Waals surface area (Å²) in [6.07, 6.45) is 10.3. The first-order valence-corrected chi connectivity index (χ1v) is 9.94. The van der Waals surface area contributed by atoms with E-state index in [1.807, 2.05) is 20.8 Å². The molecule has 2 atom stereocenters. The Balaban J connectivity index is 1.37. The molecule has 6 heteroatoms. The predicted molar refractivity (Wildman–Crippen MR) is 100 cm³/mol. The molecule has 6 nitrogen and oxygen atoms in total. The molecule has 144 valence electrons. The van der Waals surface area contributed by atoms with E-state index in [1.165, 1.54) is 38.5 Å².